The van der Waals surface area contributed by atoms with E-state index in [1.807, 2.05) is 55.8 Å². The maximum atomic E-state index is 13.5. The summed E-state index contributed by atoms with van der Waals surface area (Å²) in [4.78, 5) is 7.96. The van der Waals surface area contributed by atoms with E-state index in [0.717, 1.165) is 11.6 Å². The lowest BCUT2D eigenvalue weighted by atomic mass is 10.0. The summed E-state index contributed by atoms with van der Waals surface area (Å²) in [6.45, 7) is 8.03. The minimum absolute atomic E-state index is 0.0181. The fourth-order valence-electron chi connectivity index (χ4n) is 4.06. The molecule has 0 radical (unpaired) electrons. The molecular formula is C22H26F3N7. The molecule has 1 aromatic carbocycles. The summed E-state index contributed by atoms with van der Waals surface area (Å²) in [6.07, 6.45) is -3.04. The molecule has 10 heteroatoms. The molecule has 3 heterocycles. The predicted molar refractivity (Wildman–Crippen MR) is 114 cm³/mol. The number of halogens is 3. The van der Waals surface area contributed by atoms with Crippen molar-refractivity contribution >= 4 is 5.82 Å². The molecule has 2 aromatic heterocycles. The van der Waals surface area contributed by atoms with E-state index in [2.05, 4.69) is 25.4 Å². The van der Waals surface area contributed by atoms with Crippen molar-refractivity contribution < 1.29 is 13.2 Å². The maximum Gasteiger partial charge on any atom is 0.419 e. The van der Waals surface area contributed by atoms with E-state index < -0.39 is 11.7 Å². The van der Waals surface area contributed by atoms with Gasteiger partial charge in [0.25, 0.3) is 0 Å². The van der Waals surface area contributed by atoms with Crippen LogP contribution in [0.4, 0.5) is 19.0 Å². The average Bonchev–Trinajstić information content (AvgIpc) is 3.25. The molecule has 0 N–H and O–H groups in total. The number of hydrogen-bond donors (Lipinski definition) is 0. The van der Waals surface area contributed by atoms with Gasteiger partial charge in [0.05, 0.1) is 17.1 Å². The Morgan fingerprint density at radius 2 is 1.59 bits per heavy atom. The van der Waals surface area contributed by atoms with Crippen LogP contribution >= 0.6 is 0 Å². The Morgan fingerprint density at radius 1 is 0.906 bits per heavy atom. The minimum Gasteiger partial charge on any atom is -0.354 e. The largest absolute Gasteiger partial charge is 0.419 e. The number of anilines is 1. The molecule has 1 fully saturated rings. The average molecular weight is 445 g/mol. The number of nitrogens with zero attached hydrogens (tertiary/aromatic N) is 7. The van der Waals surface area contributed by atoms with E-state index >= 15 is 0 Å². The monoisotopic (exact) mass is 445 g/mol. The first kappa shape index (κ1) is 22.2. The SMILES string of the molecule is CC(C)(C)n1nnnc1C(c1ccccc1)N1CCN(c2ncccc2C(F)(F)F)CC1. The number of pyridine rings is 1. The van der Waals surface area contributed by atoms with Crippen LogP contribution in [0.1, 0.15) is 43.8 Å². The Bertz CT molecular complexity index is 1040. The highest BCUT2D eigenvalue weighted by Crippen LogP contribution is 2.36. The molecular weight excluding hydrogens is 419 g/mol. The third kappa shape index (κ3) is 4.45. The Labute approximate surface area is 184 Å². The van der Waals surface area contributed by atoms with Crippen molar-refractivity contribution in [3.8, 4) is 0 Å². The van der Waals surface area contributed by atoms with Crippen LogP contribution in [0.25, 0.3) is 0 Å². The second kappa shape index (κ2) is 8.50. The van der Waals surface area contributed by atoms with Gasteiger partial charge in [-0.05, 0) is 48.9 Å². The number of aromatic nitrogens is 5. The van der Waals surface area contributed by atoms with Gasteiger partial charge in [-0.3, -0.25) is 4.90 Å². The highest BCUT2D eigenvalue weighted by Gasteiger charge is 2.38. The lowest BCUT2D eigenvalue weighted by molar-refractivity contribution is -0.137. The lowest BCUT2D eigenvalue weighted by Crippen LogP contribution is -2.49. The van der Waals surface area contributed by atoms with E-state index in [1.54, 1.807) is 4.90 Å². The topological polar surface area (TPSA) is 63.0 Å². The molecule has 4 rings (SSSR count). The van der Waals surface area contributed by atoms with Crippen molar-refractivity contribution in [2.24, 2.45) is 0 Å². The van der Waals surface area contributed by atoms with E-state index in [4.69, 9.17) is 0 Å². The van der Waals surface area contributed by atoms with Gasteiger partial charge < -0.3 is 4.90 Å². The summed E-state index contributed by atoms with van der Waals surface area (Å²) in [6, 6.07) is 12.1. The molecule has 1 aliphatic heterocycles. The van der Waals surface area contributed by atoms with Gasteiger partial charge in [-0.15, -0.1) is 5.10 Å². The summed E-state index contributed by atoms with van der Waals surface area (Å²) < 4.78 is 42.2. The van der Waals surface area contributed by atoms with Gasteiger partial charge in [0.1, 0.15) is 5.82 Å². The molecule has 0 amide bonds. The predicted octanol–water partition coefficient (Wildman–Crippen LogP) is 3.75. The van der Waals surface area contributed by atoms with Crippen molar-refractivity contribution in [2.45, 2.75) is 38.5 Å². The summed E-state index contributed by atoms with van der Waals surface area (Å²) >= 11 is 0. The summed E-state index contributed by atoms with van der Waals surface area (Å²) in [7, 11) is 0. The third-order valence-electron chi connectivity index (χ3n) is 5.56. The first-order valence-corrected chi connectivity index (χ1v) is 10.5. The zero-order valence-electron chi connectivity index (χ0n) is 18.3. The first-order chi connectivity index (χ1) is 15.2. The first-order valence-electron chi connectivity index (χ1n) is 10.5. The summed E-state index contributed by atoms with van der Waals surface area (Å²) in [5, 5.41) is 12.5. The highest BCUT2D eigenvalue weighted by molar-refractivity contribution is 5.49. The number of hydrogen-bond acceptors (Lipinski definition) is 6. The molecule has 3 aromatic rings. The molecule has 1 saturated heterocycles. The number of rotatable bonds is 4. The van der Waals surface area contributed by atoms with Crippen LogP contribution in [-0.2, 0) is 11.7 Å². The van der Waals surface area contributed by atoms with Gasteiger partial charge in [-0.2, -0.15) is 13.2 Å². The van der Waals surface area contributed by atoms with Gasteiger partial charge >= 0.3 is 6.18 Å². The molecule has 7 nitrogen and oxygen atoms in total. The van der Waals surface area contributed by atoms with Gasteiger partial charge in [0.2, 0.25) is 0 Å². The second-order valence-corrected chi connectivity index (χ2v) is 8.83. The molecule has 0 spiro atoms. The number of benzene rings is 1. The minimum atomic E-state index is -4.44. The van der Waals surface area contributed by atoms with Crippen LogP contribution in [0.15, 0.2) is 48.7 Å². The number of tetrazole rings is 1. The van der Waals surface area contributed by atoms with Crippen molar-refractivity contribution in [3.63, 3.8) is 0 Å². The Hall–Kier alpha value is -3.01. The third-order valence-corrected chi connectivity index (χ3v) is 5.56. The van der Waals surface area contributed by atoms with Crippen molar-refractivity contribution in [1.82, 2.24) is 30.1 Å². The van der Waals surface area contributed by atoms with Crippen molar-refractivity contribution in [3.05, 3.63) is 65.6 Å². The van der Waals surface area contributed by atoms with Crippen LogP contribution < -0.4 is 4.90 Å². The fraction of sp³-hybridized carbons (Fsp3) is 0.455. The number of piperazine rings is 1. The zero-order chi connectivity index (χ0) is 22.9. The smallest absolute Gasteiger partial charge is 0.354 e. The Morgan fingerprint density at radius 3 is 2.22 bits per heavy atom. The normalized spacial score (nSPS) is 16.9. The molecule has 0 saturated carbocycles. The van der Waals surface area contributed by atoms with Gasteiger partial charge in [-0.25, -0.2) is 9.67 Å². The van der Waals surface area contributed by atoms with E-state index in [0.29, 0.717) is 32.0 Å². The van der Waals surface area contributed by atoms with Crippen molar-refractivity contribution in [2.75, 3.05) is 31.1 Å². The van der Waals surface area contributed by atoms with Gasteiger partial charge in [0, 0.05) is 32.4 Å². The van der Waals surface area contributed by atoms with Crippen LogP contribution in [0, 0.1) is 0 Å². The molecule has 1 aliphatic rings. The molecule has 32 heavy (non-hydrogen) atoms. The van der Waals surface area contributed by atoms with Crippen molar-refractivity contribution in [1.29, 1.82) is 0 Å². The second-order valence-electron chi connectivity index (χ2n) is 8.83. The van der Waals surface area contributed by atoms with E-state index in [9.17, 15) is 13.2 Å². The standard InChI is InChI=1S/C22H26F3N7/c1-21(2,3)32-20(27-28-29-32)18(16-8-5-4-6-9-16)30-12-14-31(15-13-30)19-17(22(23,24)25)10-7-11-26-19/h4-11,18H,12-15H2,1-3H3. The maximum absolute atomic E-state index is 13.5. The van der Waals surface area contributed by atoms with Gasteiger partial charge in [0.15, 0.2) is 5.82 Å². The molecule has 1 unspecified atom stereocenters. The van der Waals surface area contributed by atoms with Crippen LogP contribution in [0.2, 0.25) is 0 Å². The summed E-state index contributed by atoms with van der Waals surface area (Å²) in [5.74, 6) is 0.696. The number of alkyl halides is 3. The van der Waals surface area contributed by atoms with Gasteiger partial charge in [-0.1, -0.05) is 30.3 Å². The molecule has 1 atom stereocenters. The van der Waals surface area contributed by atoms with Crippen LogP contribution in [0.3, 0.4) is 0 Å². The van der Waals surface area contributed by atoms with E-state index in [-0.39, 0.29) is 17.4 Å². The Kier molecular flexibility index (Phi) is 5.89. The Balaban J connectivity index is 1.62. The zero-order valence-corrected chi connectivity index (χ0v) is 18.3. The molecule has 0 aliphatic carbocycles. The lowest BCUT2D eigenvalue weighted by Gasteiger charge is -2.40. The fourth-order valence-corrected chi connectivity index (χ4v) is 4.06. The highest BCUT2D eigenvalue weighted by atomic mass is 19.4. The van der Waals surface area contributed by atoms with Crippen LogP contribution in [0.5, 0.6) is 0 Å². The van der Waals surface area contributed by atoms with E-state index in [1.165, 1.54) is 12.3 Å². The molecule has 0 bridgehead atoms. The van der Waals surface area contributed by atoms with Crippen LogP contribution in [-0.4, -0.2) is 56.3 Å². The summed E-state index contributed by atoms with van der Waals surface area (Å²) in [5.41, 5.74) is 0.0169. The molecule has 170 valence electrons. The quantitative estimate of drug-likeness (QED) is 0.610.